The number of hydrogen-bond donors (Lipinski definition) is 0. The molecule has 0 aliphatic rings. The second-order valence-electron chi connectivity index (χ2n) is 6.66. The maximum absolute atomic E-state index is 2.27. The zero-order chi connectivity index (χ0) is 16.7. The Hall–Kier alpha value is -1.54. The summed E-state index contributed by atoms with van der Waals surface area (Å²) in [5, 5.41) is 0. The Morgan fingerprint density at radius 2 is 0.792 bits per heavy atom. The summed E-state index contributed by atoms with van der Waals surface area (Å²) in [6.07, 6.45) is 3.43. The van der Waals surface area contributed by atoms with Gasteiger partial charge in [-0.1, -0.05) is 0 Å². The van der Waals surface area contributed by atoms with Gasteiger partial charge in [0.05, 0.1) is 0 Å². The molecule has 0 saturated heterocycles. The van der Waals surface area contributed by atoms with E-state index in [1.165, 1.54) is 21.1 Å². The van der Waals surface area contributed by atoms with Crippen molar-refractivity contribution in [2.24, 2.45) is 5.41 Å². The van der Waals surface area contributed by atoms with Crippen molar-refractivity contribution in [3.63, 3.8) is 0 Å². The SMILES string of the molecule is [Sn][CH2]C(Cc1ccccc1)(Cc1ccccc1)Cc1ccccc1. The monoisotopic (exact) mass is 419 g/mol. The molecule has 0 aliphatic carbocycles. The molecule has 119 valence electrons. The molecule has 0 saturated carbocycles. The van der Waals surface area contributed by atoms with Gasteiger partial charge in [-0.25, -0.2) is 0 Å². The van der Waals surface area contributed by atoms with Crippen LogP contribution in [0.3, 0.4) is 0 Å². The van der Waals surface area contributed by atoms with Crippen molar-refractivity contribution in [1.29, 1.82) is 0 Å². The van der Waals surface area contributed by atoms with Crippen LogP contribution >= 0.6 is 0 Å². The van der Waals surface area contributed by atoms with Crippen LogP contribution in [0.4, 0.5) is 0 Å². The van der Waals surface area contributed by atoms with Crippen LogP contribution in [-0.4, -0.2) is 22.5 Å². The van der Waals surface area contributed by atoms with Gasteiger partial charge in [0.2, 0.25) is 0 Å². The third-order valence-corrected chi connectivity index (χ3v) is 6.78. The van der Waals surface area contributed by atoms with Gasteiger partial charge in [-0.2, -0.15) is 0 Å². The molecule has 3 radical (unpaired) electrons. The van der Waals surface area contributed by atoms with E-state index in [1.54, 1.807) is 22.5 Å². The first kappa shape index (κ1) is 17.3. The fourth-order valence-electron chi connectivity index (χ4n) is 3.46. The second-order valence-corrected chi connectivity index (χ2v) is 7.67. The van der Waals surface area contributed by atoms with Gasteiger partial charge in [0.25, 0.3) is 0 Å². The van der Waals surface area contributed by atoms with Crippen LogP contribution in [-0.2, 0) is 19.3 Å². The molecule has 0 fully saturated rings. The molecule has 3 aromatic rings. The summed E-state index contributed by atoms with van der Waals surface area (Å²) in [6.45, 7) is 0. The number of hydrogen-bond acceptors (Lipinski definition) is 0. The first-order valence-corrected chi connectivity index (χ1v) is 10.6. The summed E-state index contributed by atoms with van der Waals surface area (Å²) in [5.41, 5.74) is 4.65. The maximum atomic E-state index is 2.27. The fraction of sp³-hybridized carbons (Fsp3) is 0.217. The van der Waals surface area contributed by atoms with E-state index in [-0.39, 0.29) is 0 Å². The molecule has 0 spiro atoms. The molecule has 0 heterocycles. The molecule has 0 atom stereocenters. The average molecular weight is 418 g/mol. The molecule has 3 rings (SSSR count). The van der Waals surface area contributed by atoms with Gasteiger partial charge in [-0.05, 0) is 0 Å². The van der Waals surface area contributed by atoms with Crippen LogP contribution in [0.5, 0.6) is 0 Å². The van der Waals surface area contributed by atoms with Crippen LogP contribution in [0.2, 0.25) is 4.44 Å². The standard InChI is InChI=1S/C23H23.Sn/c1-23(17-20-11-5-2-6-12-20,18-21-13-7-3-8-14-21)19-22-15-9-4-10-16-22;/h2-16H,1,17-19H2;. The summed E-state index contributed by atoms with van der Waals surface area (Å²) >= 11 is 1.62. The van der Waals surface area contributed by atoms with Crippen molar-refractivity contribution >= 4 is 22.5 Å². The van der Waals surface area contributed by atoms with Gasteiger partial charge in [0.15, 0.2) is 0 Å². The Balaban J connectivity index is 1.91. The molecule has 0 aromatic heterocycles. The molecular weight excluding hydrogens is 395 g/mol. The normalized spacial score (nSPS) is 11.4. The third-order valence-electron chi connectivity index (χ3n) is 4.64. The van der Waals surface area contributed by atoms with Crippen molar-refractivity contribution in [3.05, 3.63) is 108 Å². The molecule has 24 heavy (non-hydrogen) atoms. The second kappa shape index (κ2) is 8.53. The predicted octanol–water partition coefficient (Wildman–Crippen LogP) is 5.29. The number of rotatable bonds is 7. The van der Waals surface area contributed by atoms with E-state index in [0.29, 0.717) is 5.41 Å². The van der Waals surface area contributed by atoms with Crippen molar-refractivity contribution < 1.29 is 0 Å². The van der Waals surface area contributed by atoms with E-state index in [1.807, 2.05) is 0 Å². The zero-order valence-electron chi connectivity index (χ0n) is 14.0. The Morgan fingerprint density at radius 1 is 0.500 bits per heavy atom. The molecule has 0 unspecified atom stereocenters. The molecule has 0 aliphatic heterocycles. The quantitative estimate of drug-likeness (QED) is 0.458. The van der Waals surface area contributed by atoms with Crippen LogP contribution in [0.15, 0.2) is 91.0 Å². The topological polar surface area (TPSA) is 0 Å². The van der Waals surface area contributed by atoms with Gasteiger partial charge in [-0.15, -0.1) is 0 Å². The van der Waals surface area contributed by atoms with E-state index in [2.05, 4.69) is 91.0 Å². The van der Waals surface area contributed by atoms with E-state index in [9.17, 15) is 0 Å². The van der Waals surface area contributed by atoms with Crippen molar-refractivity contribution in [1.82, 2.24) is 0 Å². The Bertz CT molecular complexity index is 618. The first-order chi connectivity index (χ1) is 11.8. The summed E-state index contributed by atoms with van der Waals surface area (Å²) in [5.74, 6) is 0. The molecule has 3 aromatic carbocycles. The summed E-state index contributed by atoms with van der Waals surface area (Å²) < 4.78 is 1.26. The Labute approximate surface area is 159 Å². The van der Waals surface area contributed by atoms with E-state index >= 15 is 0 Å². The molecule has 0 amide bonds. The van der Waals surface area contributed by atoms with Gasteiger partial charge in [0, 0.05) is 0 Å². The molecular formula is C23H23Sn. The predicted molar refractivity (Wildman–Crippen MR) is 103 cm³/mol. The third kappa shape index (κ3) is 4.73. The van der Waals surface area contributed by atoms with Crippen LogP contribution in [0, 0.1) is 5.41 Å². The van der Waals surface area contributed by atoms with Crippen molar-refractivity contribution in [3.8, 4) is 0 Å². The minimum absolute atomic E-state index is 0.294. The van der Waals surface area contributed by atoms with Gasteiger partial charge in [-0.3, -0.25) is 0 Å². The van der Waals surface area contributed by atoms with Gasteiger partial charge in [0.1, 0.15) is 0 Å². The van der Waals surface area contributed by atoms with E-state index in [0.717, 1.165) is 19.3 Å². The van der Waals surface area contributed by atoms with Gasteiger partial charge < -0.3 is 0 Å². The molecule has 1 heteroatoms. The zero-order valence-corrected chi connectivity index (χ0v) is 16.8. The van der Waals surface area contributed by atoms with Crippen LogP contribution in [0.1, 0.15) is 16.7 Å². The van der Waals surface area contributed by atoms with Crippen molar-refractivity contribution in [2.45, 2.75) is 23.7 Å². The molecule has 0 bridgehead atoms. The summed E-state index contributed by atoms with van der Waals surface area (Å²) in [4.78, 5) is 0. The molecule has 0 nitrogen and oxygen atoms in total. The van der Waals surface area contributed by atoms with Gasteiger partial charge >= 0.3 is 159 Å². The summed E-state index contributed by atoms with van der Waals surface area (Å²) in [7, 11) is 0. The fourth-order valence-corrected chi connectivity index (χ4v) is 4.53. The number of benzene rings is 3. The minimum atomic E-state index is 0.294. The summed E-state index contributed by atoms with van der Waals surface area (Å²) in [6, 6.07) is 32.9. The first-order valence-electron chi connectivity index (χ1n) is 8.56. The average Bonchev–Trinajstić information content (AvgIpc) is 2.64. The van der Waals surface area contributed by atoms with Crippen LogP contribution < -0.4 is 0 Å². The Morgan fingerprint density at radius 3 is 1.04 bits per heavy atom. The van der Waals surface area contributed by atoms with Crippen LogP contribution in [0.25, 0.3) is 0 Å². The molecule has 0 N–H and O–H groups in total. The van der Waals surface area contributed by atoms with Crippen molar-refractivity contribution in [2.75, 3.05) is 0 Å². The van der Waals surface area contributed by atoms with E-state index in [4.69, 9.17) is 0 Å². The Kier molecular flexibility index (Phi) is 6.14. The van der Waals surface area contributed by atoms with E-state index < -0.39 is 0 Å².